The summed E-state index contributed by atoms with van der Waals surface area (Å²) in [5.74, 6) is 0.818. The van der Waals surface area contributed by atoms with Gasteiger partial charge >= 0.3 is 5.97 Å². The number of hydrogen-bond donors (Lipinski definition) is 0. The van der Waals surface area contributed by atoms with Gasteiger partial charge in [0.15, 0.2) is 0 Å². The van der Waals surface area contributed by atoms with Crippen LogP contribution in [0.15, 0.2) is 36.4 Å². The van der Waals surface area contributed by atoms with E-state index in [2.05, 4.69) is 30.4 Å². The molecule has 1 aromatic carbocycles. The van der Waals surface area contributed by atoms with Crippen molar-refractivity contribution in [2.24, 2.45) is 0 Å². The summed E-state index contributed by atoms with van der Waals surface area (Å²) in [6, 6.07) is 6.36. The van der Waals surface area contributed by atoms with Crippen molar-refractivity contribution in [3.63, 3.8) is 0 Å². The van der Waals surface area contributed by atoms with Gasteiger partial charge in [-0.3, -0.25) is 4.79 Å². The lowest BCUT2D eigenvalue weighted by molar-refractivity contribution is -0.142. The predicted octanol–water partition coefficient (Wildman–Crippen LogP) is 4.70. The second-order valence-corrected chi connectivity index (χ2v) is 5.64. The van der Waals surface area contributed by atoms with Crippen LogP contribution >= 0.6 is 0 Å². The molecule has 0 spiro atoms. The Hall–Kier alpha value is -2.03. The Balaban J connectivity index is 1.81. The van der Waals surface area contributed by atoms with Gasteiger partial charge in [0.25, 0.3) is 0 Å². The third-order valence-corrected chi connectivity index (χ3v) is 4.03. The Morgan fingerprint density at radius 2 is 2.09 bits per heavy atom. The Kier molecular flexibility index (Phi) is 6.92. The third-order valence-electron chi connectivity index (χ3n) is 4.03. The van der Waals surface area contributed by atoms with Crippen LogP contribution in [0.5, 0.6) is 5.75 Å². The maximum absolute atomic E-state index is 11.2. The van der Waals surface area contributed by atoms with Gasteiger partial charge in [0.1, 0.15) is 5.75 Å². The molecule has 1 aromatic rings. The summed E-state index contributed by atoms with van der Waals surface area (Å²) in [6.07, 6.45) is 12.0. The van der Waals surface area contributed by atoms with Crippen LogP contribution in [0.2, 0.25) is 0 Å². The van der Waals surface area contributed by atoms with Gasteiger partial charge in [-0.25, -0.2) is 0 Å². The van der Waals surface area contributed by atoms with Crippen LogP contribution < -0.4 is 4.74 Å². The molecule has 3 heteroatoms. The maximum atomic E-state index is 11.2. The van der Waals surface area contributed by atoms with Gasteiger partial charge < -0.3 is 9.47 Å². The number of fused-ring (bicyclic) bond motifs is 1. The van der Waals surface area contributed by atoms with Crippen molar-refractivity contribution in [1.82, 2.24) is 0 Å². The highest BCUT2D eigenvalue weighted by molar-refractivity contribution is 5.71. The van der Waals surface area contributed by atoms with E-state index in [1.54, 1.807) is 7.11 Å². The van der Waals surface area contributed by atoms with Gasteiger partial charge in [0, 0.05) is 6.42 Å². The number of benzene rings is 1. The smallest absolute Gasteiger partial charge is 0.306 e. The third kappa shape index (κ3) is 5.27. The molecule has 0 radical (unpaired) electrons. The normalized spacial score (nSPS) is 13.6. The molecule has 0 aliphatic heterocycles. The number of methoxy groups -OCH3 is 1. The Labute approximate surface area is 139 Å². The van der Waals surface area contributed by atoms with E-state index in [1.807, 2.05) is 13.0 Å². The van der Waals surface area contributed by atoms with Crippen molar-refractivity contribution >= 4 is 11.5 Å². The molecule has 0 unspecified atom stereocenters. The zero-order valence-electron chi connectivity index (χ0n) is 14.1. The molecule has 124 valence electrons. The topological polar surface area (TPSA) is 35.5 Å². The fourth-order valence-corrected chi connectivity index (χ4v) is 2.87. The van der Waals surface area contributed by atoms with E-state index in [0.29, 0.717) is 13.0 Å². The highest BCUT2D eigenvalue weighted by atomic mass is 16.5. The minimum Gasteiger partial charge on any atom is -0.497 e. The monoisotopic (exact) mass is 314 g/mol. The van der Waals surface area contributed by atoms with Crippen molar-refractivity contribution in [3.05, 3.63) is 47.6 Å². The summed E-state index contributed by atoms with van der Waals surface area (Å²) in [7, 11) is 1.71. The molecule has 0 bridgehead atoms. The average Bonchev–Trinajstić information content (AvgIpc) is 2.57. The maximum Gasteiger partial charge on any atom is 0.306 e. The van der Waals surface area contributed by atoms with E-state index < -0.39 is 0 Å². The van der Waals surface area contributed by atoms with Crippen LogP contribution in [0.25, 0.3) is 5.57 Å². The van der Waals surface area contributed by atoms with Crippen LogP contribution in [0.3, 0.4) is 0 Å². The second kappa shape index (κ2) is 9.19. The van der Waals surface area contributed by atoms with Gasteiger partial charge in [-0.05, 0) is 67.9 Å². The number of rotatable bonds is 8. The van der Waals surface area contributed by atoms with Crippen LogP contribution in [0, 0.1) is 0 Å². The van der Waals surface area contributed by atoms with Crippen molar-refractivity contribution in [1.29, 1.82) is 0 Å². The van der Waals surface area contributed by atoms with Crippen molar-refractivity contribution in [2.75, 3.05) is 13.7 Å². The molecule has 0 amide bonds. The van der Waals surface area contributed by atoms with Gasteiger partial charge in [-0.2, -0.15) is 0 Å². The zero-order valence-corrected chi connectivity index (χ0v) is 14.1. The molecule has 0 N–H and O–H groups in total. The number of carbonyl (C=O) groups is 1. The first-order chi connectivity index (χ1) is 11.2. The fourth-order valence-electron chi connectivity index (χ4n) is 2.87. The zero-order chi connectivity index (χ0) is 16.5. The summed E-state index contributed by atoms with van der Waals surface area (Å²) in [5.41, 5.74) is 4.16. The molecular weight excluding hydrogens is 288 g/mol. The van der Waals surface area contributed by atoms with Crippen molar-refractivity contribution < 1.29 is 14.3 Å². The van der Waals surface area contributed by atoms with E-state index in [4.69, 9.17) is 9.47 Å². The largest absolute Gasteiger partial charge is 0.497 e. The van der Waals surface area contributed by atoms with Crippen molar-refractivity contribution in [2.45, 2.75) is 45.4 Å². The molecule has 0 atom stereocenters. The summed E-state index contributed by atoms with van der Waals surface area (Å²) in [5, 5.41) is 0. The molecule has 0 fully saturated rings. The summed E-state index contributed by atoms with van der Waals surface area (Å²) in [6.45, 7) is 2.29. The first-order valence-electron chi connectivity index (χ1n) is 8.41. The average molecular weight is 314 g/mol. The van der Waals surface area contributed by atoms with Crippen LogP contribution in [0.4, 0.5) is 0 Å². The standard InChI is InChI=1S/C20H26O3/c1-3-23-20(21)12-7-5-4-6-9-16-10-8-11-17-15-18(22-2)13-14-19(16)17/h4-5,10,13-15H,3,6-9,11-12H2,1-2H3/b5-4+. The predicted molar refractivity (Wildman–Crippen MR) is 93.5 cm³/mol. The molecule has 0 aromatic heterocycles. The lowest BCUT2D eigenvalue weighted by atomic mass is 9.88. The Bertz CT molecular complexity index is 585. The van der Waals surface area contributed by atoms with Gasteiger partial charge in [0.05, 0.1) is 13.7 Å². The highest BCUT2D eigenvalue weighted by Gasteiger charge is 2.12. The Morgan fingerprint density at radius 3 is 2.87 bits per heavy atom. The number of allylic oxidation sites excluding steroid dienone is 4. The summed E-state index contributed by atoms with van der Waals surface area (Å²) < 4.78 is 10.2. The molecular formula is C20H26O3. The fraction of sp³-hybridized carbons (Fsp3) is 0.450. The van der Waals surface area contributed by atoms with E-state index in [9.17, 15) is 4.79 Å². The lowest BCUT2D eigenvalue weighted by Crippen LogP contribution is -2.02. The van der Waals surface area contributed by atoms with Crippen LogP contribution in [-0.4, -0.2) is 19.7 Å². The molecule has 3 nitrogen and oxygen atoms in total. The number of esters is 1. The van der Waals surface area contributed by atoms with Crippen molar-refractivity contribution in [3.8, 4) is 5.75 Å². The minimum atomic E-state index is -0.116. The second-order valence-electron chi connectivity index (χ2n) is 5.64. The Morgan fingerprint density at radius 1 is 1.26 bits per heavy atom. The van der Waals surface area contributed by atoms with Gasteiger partial charge in [0.2, 0.25) is 0 Å². The van der Waals surface area contributed by atoms with E-state index >= 15 is 0 Å². The molecule has 0 heterocycles. The SMILES string of the molecule is CCOC(=O)CC/C=C/CCC1=CCCc2cc(OC)ccc21. The molecule has 23 heavy (non-hydrogen) atoms. The first kappa shape index (κ1) is 17.3. The van der Waals surface area contributed by atoms with Gasteiger partial charge in [-0.1, -0.05) is 24.3 Å². The number of carbonyl (C=O) groups excluding carboxylic acids is 1. The lowest BCUT2D eigenvalue weighted by Gasteiger charge is -2.18. The quantitative estimate of drug-likeness (QED) is 0.515. The molecule has 0 saturated carbocycles. The summed E-state index contributed by atoms with van der Waals surface area (Å²) >= 11 is 0. The van der Waals surface area contributed by atoms with Gasteiger partial charge in [-0.15, -0.1) is 0 Å². The highest BCUT2D eigenvalue weighted by Crippen LogP contribution is 2.32. The van der Waals surface area contributed by atoms with E-state index in [0.717, 1.165) is 37.9 Å². The number of ether oxygens (including phenoxy) is 2. The number of aryl methyl sites for hydroxylation is 1. The molecule has 1 aliphatic rings. The van der Waals surface area contributed by atoms with E-state index in [-0.39, 0.29) is 5.97 Å². The molecule has 1 aliphatic carbocycles. The van der Waals surface area contributed by atoms with Crippen LogP contribution in [-0.2, 0) is 16.0 Å². The summed E-state index contributed by atoms with van der Waals surface area (Å²) in [4.78, 5) is 11.2. The molecule has 2 rings (SSSR count). The minimum absolute atomic E-state index is 0.116. The number of hydrogen-bond acceptors (Lipinski definition) is 3. The van der Waals surface area contributed by atoms with Crippen LogP contribution in [0.1, 0.15) is 50.2 Å². The molecule has 0 saturated heterocycles. The first-order valence-corrected chi connectivity index (χ1v) is 8.41. The van der Waals surface area contributed by atoms with E-state index in [1.165, 1.54) is 16.7 Å².